The molecule has 0 saturated carbocycles. The van der Waals surface area contributed by atoms with Crippen LogP contribution in [-0.4, -0.2) is 66.0 Å². The molecule has 38 heavy (non-hydrogen) atoms. The average molecular weight is 564 g/mol. The van der Waals surface area contributed by atoms with Crippen LogP contribution in [0.3, 0.4) is 0 Å². The van der Waals surface area contributed by atoms with Crippen molar-refractivity contribution in [3.63, 3.8) is 0 Å². The molecular formula is C30H56N2NaO4S+. The van der Waals surface area contributed by atoms with E-state index in [1.807, 2.05) is 0 Å². The summed E-state index contributed by atoms with van der Waals surface area (Å²) in [6.45, 7) is 7.06. The van der Waals surface area contributed by atoms with Gasteiger partial charge in [0.1, 0.15) is 18.9 Å². The Hall–Kier alpha value is -0.210. The van der Waals surface area contributed by atoms with E-state index in [1.54, 1.807) is 6.92 Å². The van der Waals surface area contributed by atoms with Crippen LogP contribution in [0.2, 0.25) is 0 Å². The Bertz CT molecular complexity index is 783. The molecule has 0 saturated heterocycles. The molecule has 1 unspecified atom stereocenters. The Balaban J connectivity index is 0.0000137. The molecule has 1 atom stereocenters. The van der Waals surface area contributed by atoms with Crippen molar-refractivity contribution in [3.8, 4) is 0 Å². The molecule has 1 rings (SSSR count). The van der Waals surface area contributed by atoms with Gasteiger partial charge in [-0.3, -0.25) is 14.3 Å². The van der Waals surface area contributed by atoms with Crippen LogP contribution < -0.4 is 29.6 Å². The minimum absolute atomic E-state index is 0. The minimum atomic E-state index is -4.14. The maximum Gasteiger partial charge on any atom is 1.00 e. The molecule has 0 spiro atoms. The number of ketones is 1. The predicted octanol–water partition coefficient (Wildman–Crippen LogP) is 3.84. The number of amidine groups is 1. The Kier molecular flexibility index (Phi) is 23.4. The van der Waals surface area contributed by atoms with E-state index in [1.165, 1.54) is 44.4 Å². The van der Waals surface area contributed by atoms with Gasteiger partial charge in [-0.2, -0.15) is 0 Å². The average Bonchev–Trinajstić information content (AvgIpc) is 3.20. The van der Waals surface area contributed by atoms with Crippen LogP contribution >= 0.6 is 0 Å². The minimum Gasteiger partial charge on any atom is -0.748 e. The van der Waals surface area contributed by atoms with Crippen molar-refractivity contribution in [2.45, 2.75) is 141 Å². The van der Waals surface area contributed by atoms with Gasteiger partial charge in [0.15, 0.2) is 0 Å². The van der Waals surface area contributed by atoms with Gasteiger partial charge >= 0.3 is 29.6 Å². The number of likely N-dealkylation sites (N-methyl/N-ethyl adjacent to an activating group) is 1. The number of hydrogen-bond donors (Lipinski definition) is 0. The normalized spacial score (nSPS) is 14.9. The maximum absolute atomic E-state index is 12.3. The van der Waals surface area contributed by atoms with Gasteiger partial charge in [-0.25, -0.2) is 8.42 Å². The molecule has 1 aliphatic rings. The third-order valence-electron chi connectivity index (χ3n) is 7.66. The van der Waals surface area contributed by atoms with Gasteiger partial charge in [0.05, 0.1) is 23.7 Å². The summed E-state index contributed by atoms with van der Waals surface area (Å²) >= 11 is 0. The number of allylic oxidation sites excluding steroid dienone is 2. The van der Waals surface area contributed by atoms with Crippen LogP contribution in [0, 0.1) is 0 Å². The Morgan fingerprint density at radius 2 is 1.53 bits per heavy atom. The molecule has 1 heterocycles. The first-order chi connectivity index (χ1) is 17.8. The number of unbranched alkanes of at least 4 members (excludes halogenated alkanes) is 10. The molecule has 8 heteroatoms. The summed E-state index contributed by atoms with van der Waals surface area (Å²) in [5.41, 5.74) is 0. The fraction of sp³-hybridized carbons (Fsp3) is 0.867. The van der Waals surface area contributed by atoms with E-state index in [0.29, 0.717) is 25.0 Å². The number of carbonyl (C=O) groups is 1. The summed E-state index contributed by atoms with van der Waals surface area (Å²) in [6.07, 6.45) is 23.7. The molecule has 0 aliphatic carbocycles. The van der Waals surface area contributed by atoms with Crippen LogP contribution in [0.4, 0.5) is 0 Å². The van der Waals surface area contributed by atoms with Gasteiger partial charge in [0.25, 0.3) is 0 Å². The number of Topliss-reactive ketones (excluding diaryl/α,β-unsaturated/α-hetero) is 1. The van der Waals surface area contributed by atoms with Crippen LogP contribution in [0.1, 0.15) is 136 Å². The standard InChI is InChI=1S/C30H56N2O4S.Na/c1-4-6-7-8-9-10-11-14-17-21-28(33)22-20-25-32-27-26-31(3)30(32)24-19-16-13-12-15-18-23-29(5-2)37(34,35)36;/h6-7,29H,4-5,8-27H2,1-3H3;/q;+1/b7-6+;. The fourth-order valence-corrected chi connectivity index (χ4v) is 6.13. The Labute approximate surface area is 257 Å². The van der Waals surface area contributed by atoms with Gasteiger partial charge in [0.2, 0.25) is 5.84 Å². The van der Waals surface area contributed by atoms with E-state index < -0.39 is 15.4 Å². The molecule has 216 valence electrons. The quantitative estimate of drug-likeness (QED) is 0.0586. The largest absolute Gasteiger partial charge is 1.00 e. The van der Waals surface area contributed by atoms with E-state index in [-0.39, 0.29) is 29.6 Å². The molecule has 1 aliphatic heterocycles. The van der Waals surface area contributed by atoms with Gasteiger partial charge in [-0.15, -0.1) is 0 Å². The monoisotopic (exact) mass is 563 g/mol. The molecule has 0 fully saturated rings. The van der Waals surface area contributed by atoms with Crippen molar-refractivity contribution >= 4 is 21.7 Å². The van der Waals surface area contributed by atoms with Gasteiger partial charge < -0.3 is 4.55 Å². The zero-order chi connectivity index (χ0) is 27.4. The van der Waals surface area contributed by atoms with Crippen molar-refractivity contribution in [3.05, 3.63) is 12.2 Å². The predicted molar refractivity (Wildman–Crippen MR) is 154 cm³/mol. The third kappa shape index (κ3) is 18.2. The van der Waals surface area contributed by atoms with Crippen LogP contribution in [0.15, 0.2) is 12.2 Å². The first-order valence-corrected chi connectivity index (χ1v) is 16.7. The van der Waals surface area contributed by atoms with Crippen molar-refractivity contribution in [2.75, 3.05) is 26.7 Å². The summed E-state index contributed by atoms with van der Waals surface area (Å²) in [4.78, 5) is 14.8. The third-order valence-corrected chi connectivity index (χ3v) is 9.05. The van der Waals surface area contributed by atoms with Crippen LogP contribution in [0.25, 0.3) is 0 Å². The van der Waals surface area contributed by atoms with E-state index in [0.717, 1.165) is 83.8 Å². The van der Waals surface area contributed by atoms with E-state index in [4.69, 9.17) is 0 Å². The zero-order valence-corrected chi connectivity index (χ0v) is 28.0. The van der Waals surface area contributed by atoms with E-state index >= 15 is 0 Å². The first kappa shape index (κ1) is 37.8. The molecule has 0 radical (unpaired) electrons. The van der Waals surface area contributed by atoms with Gasteiger partial charge in [0, 0.05) is 24.5 Å². The molecule has 0 N–H and O–H groups in total. The molecule has 6 nitrogen and oxygen atoms in total. The molecule has 0 bridgehead atoms. The smallest absolute Gasteiger partial charge is 0.748 e. The second kappa shape index (κ2) is 23.5. The maximum atomic E-state index is 12.3. The molecule has 0 aromatic heterocycles. The molecule has 0 aromatic rings. The summed E-state index contributed by atoms with van der Waals surface area (Å²) in [5.74, 6) is 1.85. The Morgan fingerprint density at radius 1 is 0.921 bits per heavy atom. The summed E-state index contributed by atoms with van der Waals surface area (Å²) in [6, 6.07) is 0. The number of nitrogens with zero attached hydrogens (tertiary/aromatic N) is 2. The topological polar surface area (TPSA) is 80.5 Å². The summed E-state index contributed by atoms with van der Waals surface area (Å²) < 4.78 is 35.9. The fourth-order valence-electron chi connectivity index (χ4n) is 5.27. The van der Waals surface area contributed by atoms with Gasteiger partial charge in [-0.05, 0) is 51.4 Å². The van der Waals surface area contributed by atoms with Crippen LogP contribution in [-0.2, 0) is 14.9 Å². The zero-order valence-electron chi connectivity index (χ0n) is 25.2. The van der Waals surface area contributed by atoms with Gasteiger partial charge in [-0.1, -0.05) is 77.4 Å². The Morgan fingerprint density at radius 3 is 2.18 bits per heavy atom. The molecule has 0 amide bonds. The van der Waals surface area contributed by atoms with Crippen LogP contribution in [0.5, 0.6) is 0 Å². The van der Waals surface area contributed by atoms with E-state index in [9.17, 15) is 17.8 Å². The summed E-state index contributed by atoms with van der Waals surface area (Å²) in [5, 5.41) is -0.712. The second-order valence-corrected chi connectivity index (χ2v) is 12.5. The number of carbonyl (C=O) groups excluding carboxylic acids is 1. The van der Waals surface area contributed by atoms with Crippen molar-refractivity contribution in [2.24, 2.45) is 0 Å². The number of rotatable bonds is 24. The SMILES string of the molecule is CC/C=C/CCCCCCCC(=O)CCCN1CC[N+](C)=C1CCCCCCCCC(CC)S(=O)(=O)[O-].[Na+]. The van der Waals surface area contributed by atoms with Crippen molar-refractivity contribution in [1.82, 2.24) is 4.90 Å². The first-order valence-electron chi connectivity index (χ1n) is 15.2. The van der Waals surface area contributed by atoms with Crippen molar-refractivity contribution in [1.29, 1.82) is 0 Å². The summed E-state index contributed by atoms with van der Waals surface area (Å²) in [7, 11) is -1.97. The number of hydrogen-bond acceptors (Lipinski definition) is 5. The second-order valence-electron chi connectivity index (χ2n) is 10.8. The molecular weight excluding hydrogens is 507 g/mol. The van der Waals surface area contributed by atoms with E-state index in [2.05, 4.69) is 35.6 Å². The molecule has 0 aromatic carbocycles. The van der Waals surface area contributed by atoms with Crippen molar-refractivity contribution < 1.29 is 51.9 Å².